The number of allylic oxidation sites excluding steroid dienone is 8. The molecular weight excluding hydrogens is 629 g/mol. The third kappa shape index (κ3) is 3.25. The predicted octanol–water partition coefficient (Wildman–Crippen LogP) is 11.5. The Bertz CT molecular complexity index is 2650. The molecule has 0 radical (unpaired) electrons. The molecule has 12 rings (SSSR count). The van der Waals surface area contributed by atoms with E-state index >= 15 is 4.79 Å². The summed E-state index contributed by atoms with van der Waals surface area (Å²) in [5, 5.41) is 0. The quantitative estimate of drug-likeness (QED) is 0.168. The minimum atomic E-state index is -0.472. The van der Waals surface area contributed by atoms with Gasteiger partial charge in [0.2, 0.25) is 0 Å². The van der Waals surface area contributed by atoms with Crippen molar-refractivity contribution in [3.63, 3.8) is 0 Å². The Hall–Kier alpha value is -6.05. The smallest absolute Gasteiger partial charge is 0.192 e. The van der Waals surface area contributed by atoms with Gasteiger partial charge < -0.3 is 0 Å². The number of carbonyl (C=O) groups is 1. The van der Waals surface area contributed by atoms with Gasteiger partial charge in [-0.3, -0.25) is 4.79 Å². The average Bonchev–Trinajstić information content (AvgIpc) is 3.89. The number of benzene rings is 6. The molecule has 2 spiro atoms. The molecule has 1 heteroatoms. The van der Waals surface area contributed by atoms with Crippen molar-refractivity contribution in [2.75, 3.05) is 0 Å². The molecule has 0 aromatic heterocycles. The topological polar surface area (TPSA) is 17.1 Å². The molecule has 3 unspecified atom stereocenters. The molecule has 0 saturated carbocycles. The van der Waals surface area contributed by atoms with Gasteiger partial charge in [-0.15, -0.1) is 0 Å². The normalized spacial score (nSPS) is 22.7. The first-order valence-electron chi connectivity index (χ1n) is 18.7. The van der Waals surface area contributed by atoms with E-state index in [1.54, 1.807) is 0 Å². The Kier molecular flexibility index (Phi) is 5.53. The van der Waals surface area contributed by atoms with Gasteiger partial charge in [0.1, 0.15) is 0 Å². The van der Waals surface area contributed by atoms with Crippen molar-refractivity contribution in [2.24, 2.45) is 0 Å². The van der Waals surface area contributed by atoms with Gasteiger partial charge in [-0.1, -0.05) is 158 Å². The van der Waals surface area contributed by atoms with Crippen LogP contribution in [0, 0.1) is 0 Å². The SMILES string of the molecule is O=C(C1=CCC2C(=C1)C1(C3=CC=CCC3c3ccccc31)c1ccccc12)c1ccc2c(c1)C1(c3ccccc3-c3ccccc31)c1ccccc1-2. The first-order valence-corrected chi connectivity index (χ1v) is 18.7. The van der Waals surface area contributed by atoms with Crippen LogP contribution >= 0.6 is 0 Å². The maximum Gasteiger partial charge on any atom is 0.192 e. The van der Waals surface area contributed by atoms with E-state index in [1.165, 1.54) is 77.9 Å². The molecule has 0 bridgehead atoms. The second kappa shape index (κ2) is 10.0. The summed E-state index contributed by atoms with van der Waals surface area (Å²) in [4.78, 5) is 15.0. The number of carbonyl (C=O) groups excluding carboxylic acids is 1. The fraction of sp³-hybridized carbons (Fsp3) is 0.118. The van der Waals surface area contributed by atoms with Crippen LogP contribution in [0.2, 0.25) is 0 Å². The molecule has 244 valence electrons. The van der Waals surface area contributed by atoms with E-state index in [1.807, 2.05) is 0 Å². The Labute approximate surface area is 304 Å². The molecule has 3 atom stereocenters. The van der Waals surface area contributed by atoms with Crippen molar-refractivity contribution < 1.29 is 4.79 Å². The zero-order valence-electron chi connectivity index (χ0n) is 28.6. The van der Waals surface area contributed by atoms with Crippen LogP contribution in [0.3, 0.4) is 0 Å². The van der Waals surface area contributed by atoms with Crippen LogP contribution in [0.25, 0.3) is 22.3 Å². The van der Waals surface area contributed by atoms with E-state index in [4.69, 9.17) is 0 Å². The molecule has 1 nitrogen and oxygen atoms in total. The lowest BCUT2D eigenvalue weighted by atomic mass is 9.66. The fourth-order valence-electron chi connectivity index (χ4n) is 11.5. The van der Waals surface area contributed by atoms with Crippen molar-refractivity contribution in [2.45, 2.75) is 35.5 Å². The second-order valence-corrected chi connectivity index (χ2v) is 15.3. The molecule has 6 aliphatic carbocycles. The summed E-state index contributed by atoms with van der Waals surface area (Å²) in [6.45, 7) is 0. The van der Waals surface area contributed by atoms with Crippen LogP contribution in [0.1, 0.15) is 79.5 Å². The Morgan fingerprint density at radius 2 is 1.02 bits per heavy atom. The Morgan fingerprint density at radius 1 is 0.500 bits per heavy atom. The van der Waals surface area contributed by atoms with Gasteiger partial charge in [-0.25, -0.2) is 0 Å². The van der Waals surface area contributed by atoms with Crippen LogP contribution in [0.5, 0.6) is 0 Å². The minimum Gasteiger partial charge on any atom is -0.289 e. The summed E-state index contributed by atoms with van der Waals surface area (Å²) in [6.07, 6.45) is 13.3. The lowest BCUT2D eigenvalue weighted by Crippen LogP contribution is -2.29. The third-order valence-corrected chi connectivity index (χ3v) is 13.3. The van der Waals surface area contributed by atoms with Crippen LogP contribution < -0.4 is 0 Å². The summed E-state index contributed by atoms with van der Waals surface area (Å²) in [6, 6.07) is 51.2. The maximum absolute atomic E-state index is 15.0. The van der Waals surface area contributed by atoms with E-state index in [0.717, 1.165) is 24.0 Å². The van der Waals surface area contributed by atoms with Crippen molar-refractivity contribution in [1.82, 2.24) is 0 Å². The maximum atomic E-state index is 15.0. The van der Waals surface area contributed by atoms with E-state index in [0.29, 0.717) is 5.92 Å². The Morgan fingerprint density at radius 3 is 1.63 bits per heavy atom. The number of hydrogen-bond acceptors (Lipinski definition) is 1. The van der Waals surface area contributed by atoms with Gasteiger partial charge >= 0.3 is 0 Å². The van der Waals surface area contributed by atoms with Gasteiger partial charge in [0.15, 0.2) is 5.78 Å². The number of ketones is 1. The Balaban J connectivity index is 1.05. The molecule has 0 heterocycles. The van der Waals surface area contributed by atoms with E-state index < -0.39 is 5.41 Å². The van der Waals surface area contributed by atoms with Gasteiger partial charge in [-0.2, -0.15) is 0 Å². The highest BCUT2D eigenvalue weighted by Crippen LogP contribution is 2.68. The van der Waals surface area contributed by atoms with Gasteiger partial charge in [0, 0.05) is 23.0 Å². The van der Waals surface area contributed by atoms with Crippen molar-refractivity contribution in [3.05, 3.63) is 237 Å². The molecule has 0 saturated heterocycles. The van der Waals surface area contributed by atoms with Crippen molar-refractivity contribution >= 4 is 5.78 Å². The van der Waals surface area contributed by atoms with E-state index in [2.05, 4.69) is 170 Å². The van der Waals surface area contributed by atoms with E-state index in [-0.39, 0.29) is 17.1 Å². The third-order valence-electron chi connectivity index (χ3n) is 13.3. The first kappa shape index (κ1) is 28.6. The van der Waals surface area contributed by atoms with Crippen molar-refractivity contribution in [3.8, 4) is 22.3 Å². The van der Waals surface area contributed by atoms with Gasteiger partial charge in [0.05, 0.1) is 10.8 Å². The molecular formula is C51H34O. The summed E-state index contributed by atoms with van der Waals surface area (Å²) in [5.41, 5.74) is 19.3. The van der Waals surface area contributed by atoms with Crippen LogP contribution in [0.15, 0.2) is 187 Å². The minimum absolute atomic E-state index is 0.103. The molecule has 0 N–H and O–H groups in total. The van der Waals surface area contributed by atoms with Crippen LogP contribution in [0.4, 0.5) is 0 Å². The second-order valence-electron chi connectivity index (χ2n) is 15.3. The summed E-state index contributed by atoms with van der Waals surface area (Å²) in [7, 11) is 0. The zero-order valence-corrected chi connectivity index (χ0v) is 28.6. The zero-order chi connectivity index (χ0) is 34.2. The fourth-order valence-corrected chi connectivity index (χ4v) is 11.5. The predicted molar refractivity (Wildman–Crippen MR) is 209 cm³/mol. The number of hydrogen-bond donors (Lipinski definition) is 0. The molecule has 52 heavy (non-hydrogen) atoms. The largest absolute Gasteiger partial charge is 0.289 e. The summed E-state index contributed by atoms with van der Waals surface area (Å²) in [5.74, 6) is 0.701. The average molecular weight is 663 g/mol. The number of Topliss-reactive ketones (excluding diaryl/α,β-unsaturated/α-hetero) is 1. The van der Waals surface area contributed by atoms with Gasteiger partial charge in [-0.05, 0) is 103 Å². The van der Waals surface area contributed by atoms with E-state index in [9.17, 15) is 0 Å². The molecule has 6 aromatic carbocycles. The molecule has 0 aliphatic heterocycles. The summed E-state index contributed by atoms with van der Waals surface area (Å²) < 4.78 is 0. The van der Waals surface area contributed by atoms with Gasteiger partial charge in [0.25, 0.3) is 0 Å². The molecule has 6 aromatic rings. The van der Waals surface area contributed by atoms with Crippen LogP contribution in [-0.2, 0) is 10.8 Å². The number of rotatable bonds is 2. The van der Waals surface area contributed by atoms with Crippen LogP contribution in [-0.4, -0.2) is 5.78 Å². The lowest BCUT2D eigenvalue weighted by Gasteiger charge is -2.35. The van der Waals surface area contributed by atoms with Crippen molar-refractivity contribution in [1.29, 1.82) is 0 Å². The highest BCUT2D eigenvalue weighted by molar-refractivity contribution is 6.12. The lowest BCUT2D eigenvalue weighted by molar-refractivity contribution is 0.103. The molecule has 0 amide bonds. The monoisotopic (exact) mass is 662 g/mol. The molecule has 0 fully saturated rings. The number of fused-ring (bicyclic) bond motifs is 20. The summed E-state index contributed by atoms with van der Waals surface area (Å²) >= 11 is 0. The highest BCUT2D eigenvalue weighted by Gasteiger charge is 2.58. The highest BCUT2D eigenvalue weighted by atomic mass is 16.1. The molecule has 6 aliphatic rings. The standard InChI is InChI=1S/C51H34O/c52-49(31-25-27-39-37-17-5-11-23-45(37)50(47(39)29-31)41-19-7-1-13-33(41)34-14-2-8-20-42(34)50)32-26-28-40-38-18-6-12-24-46(38)51(48(40)30-32)43-21-9-3-15-35(43)36-16-4-10-22-44(36)51/h1-15,17-27,29-30,36,40H,16,28H2. The first-order chi connectivity index (χ1) is 25.7.